The highest BCUT2D eigenvalue weighted by atomic mass is 35.5. The number of methoxy groups -OCH3 is 1. The standard InChI is InChI=1S/C10H14ClNO/c1-7-4-9(11)8(6-12-2)5-10(7)13-3/h4-5,12H,6H2,1-3H3. The summed E-state index contributed by atoms with van der Waals surface area (Å²) in [6.45, 7) is 2.74. The van der Waals surface area contributed by atoms with Crippen molar-refractivity contribution in [3.05, 3.63) is 28.3 Å². The molecule has 0 radical (unpaired) electrons. The molecule has 1 N–H and O–H groups in total. The van der Waals surface area contributed by atoms with Crippen LogP contribution in [0.3, 0.4) is 0 Å². The van der Waals surface area contributed by atoms with Gasteiger partial charge >= 0.3 is 0 Å². The third-order valence-electron chi connectivity index (χ3n) is 1.93. The first-order valence-corrected chi connectivity index (χ1v) is 4.54. The van der Waals surface area contributed by atoms with Crippen LogP contribution in [-0.4, -0.2) is 14.2 Å². The summed E-state index contributed by atoms with van der Waals surface area (Å²) in [4.78, 5) is 0. The molecule has 1 rings (SSSR count). The van der Waals surface area contributed by atoms with E-state index in [0.29, 0.717) is 0 Å². The SMILES string of the molecule is CNCc1cc(OC)c(C)cc1Cl. The van der Waals surface area contributed by atoms with Gasteiger partial charge in [0.15, 0.2) is 0 Å². The average molecular weight is 200 g/mol. The summed E-state index contributed by atoms with van der Waals surface area (Å²) in [5.74, 6) is 0.884. The zero-order valence-corrected chi connectivity index (χ0v) is 8.90. The van der Waals surface area contributed by atoms with Gasteiger partial charge in [-0.05, 0) is 37.2 Å². The molecule has 1 aromatic carbocycles. The van der Waals surface area contributed by atoms with E-state index in [1.54, 1.807) is 7.11 Å². The van der Waals surface area contributed by atoms with Crippen LogP contribution in [0, 0.1) is 6.92 Å². The molecular formula is C10H14ClNO. The van der Waals surface area contributed by atoms with Crippen molar-refractivity contribution < 1.29 is 4.74 Å². The Hall–Kier alpha value is -0.730. The Morgan fingerprint density at radius 2 is 2.15 bits per heavy atom. The third-order valence-corrected chi connectivity index (χ3v) is 2.28. The van der Waals surface area contributed by atoms with Crippen LogP contribution in [0.5, 0.6) is 5.75 Å². The number of rotatable bonds is 3. The topological polar surface area (TPSA) is 21.3 Å². The van der Waals surface area contributed by atoms with Crippen molar-refractivity contribution in [2.24, 2.45) is 0 Å². The predicted octanol–water partition coefficient (Wildman–Crippen LogP) is 2.38. The number of halogens is 1. The molecule has 0 fully saturated rings. The van der Waals surface area contributed by atoms with Crippen LogP contribution in [-0.2, 0) is 6.54 Å². The molecule has 0 atom stereocenters. The van der Waals surface area contributed by atoms with Crippen LogP contribution in [0.4, 0.5) is 0 Å². The summed E-state index contributed by atoms with van der Waals surface area (Å²) in [7, 11) is 3.56. The Labute approximate surface area is 83.9 Å². The summed E-state index contributed by atoms with van der Waals surface area (Å²) in [6.07, 6.45) is 0. The van der Waals surface area contributed by atoms with Crippen LogP contribution in [0.15, 0.2) is 12.1 Å². The summed E-state index contributed by atoms with van der Waals surface area (Å²) < 4.78 is 5.20. The average Bonchev–Trinajstić information content (AvgIpc) is 2.10. The molecular weight excluding hydrogens is 186 g/mol. The van der Waals surface area contributed by atoms with E-state index in [-0.39, 0.29) is 0 Å². The maximum atomic E-state index is 6.04. The molecule has 0 bridgehead atoms. The van der Waals surface area contributed by atoms with E-state index < -0.39 is 0 Å². The Balaban J connectivity index is 3.06. The van der Waals surface area contributed by atoms with Crippen molar-refractivity contribution in [1.29, 1.82) is 0 Å². The van der Waals surface area contributed by atoms with Gasteiger partial charge in [0.05, 0.1) is 7.11 Å². The summed E-state index contributed by atoms with van der Waals surface area (Å²) in [5, 5.41) is 3.84. The van der Waals surface area contributed by atoms with Gasteiger partial charge in [-0.25, -0.2) is 0 Å². The second-order valence-electron chi connectivity index (χ2n) is 2.94. The largest absolute Gasteiger partial charge is 0.496 e. The second-order valence-corrected chi connectivity index (χ2v) is 3.35. The molecule has 2 nitrogen and oxygen atoms in total. The number of ether oxygens (including phenoxy) is 1. The first-order chi connectivity index (χ1) is 6.19. The molecule has 1 aromatic rings. The van der Waals surface area contributed by atoms with Gasteiger partial charge in [-0.3, -0.25) is 0 Å². The third kappa shape index (κ3) is 2.36. The van der Waals surface area contributed by atoms with Gasteiger partial charge in [-0.15, -0.1) is 0 Å². The predicted molar refractivity (Wildman–Crippen MR) is 55.5 cm³/mol. The number of hydrogen-bond acceptors (Lipinski definition) is 2. The van der Waals surface area contributed by atoms with Crippen LogP contribution in [0.1, 0.15) is 11.1 Å². The second kappa shape index (κ2) is 4.49. The molecule has 0 saturated heterocycles. The summed E-state index contributed by atoms with van der Waals surface area (Å²) in [6, 6.07) is 3.89. The van der Waals surface area contributed by atoms with Crippen LogP contribution >= 0.6 is 11.6 Å². The fourth-order valence-corrected chi connectivity index (χ4v) is 1.53. The summed E-state index contributed by atoms with van der Waals surface area (Å²) >= 11 is 6.04. The van der Waals surface area contributed by atoms with Crippen molar-refractivity contribution in [2.75, 3.05) is 14.2 Å². The normalized spacial score (nSPS) is 10.2. The molecule has 0 spiro atoms. The van der Waals surface area contributed by atoms with Crippen molar-refractivity contribution in [2.45, 2.75) is 13.5 Å². The lowest BCUT2D eigenvalue weighted by Crippen LogP contribution is -2.06. The zero-order valence-electron chi connectivity index (χ0n) is 8.15. The van der Waals surface area contributed by atoms with Crippen molar-refractivity contribution in [3.63, 3.8) is 0 Å². The molecule has 13 heavy (non-hydrogen) atoms. The highest BCUT2D eigenvalue weighted by molar-refractivity contribution is 6.31. The first kappa shape index (κ1) is 10.4. The number of hydrogen-bond donors (Lipinski definition) is 1. The highest BCUT2D eigenvalue weighted by Crippen LogP contribution is 2.26. The van der Waals surface area contributed by atoms with E-state index in [1.165, 1.54) is 0 Å². The van der Waals surface area contributed by atoms with E-state index in [4.69, 9.17) is 16.3 Å². The molecule has 3 heteroatoms. The number of aryl methyl sites for hydroxylation is 1. The molecule has 0 aromatic heterocycles. The van der Waals surface area contributed by atoms with Gasteiger partial charge < -0.3 is 10.1 Å². The zero-order chi connectivity index (χ0) is 9.84. The van der Waals surface area contributed by atoms with E-state index in [0.717, 1.165) is 28.4 Å². The maximum absolute atomic E-state index is 6.04. The van der Waals surface area contributed by atoms with Crippen LogP contribution in [0.2, 0.25) is 5.02 Å². The Morgan fingerprint density at radius 3 is 2.69 bits per heavy atom. The van der Waals surface area contributed by atoms with Gasteiger partial charge in [-0.2, -0.15) is 0 Å². The first-order valence-electron chi connectivity index (χ1n) is 4.16. The molecule has 0 unspecified atom stereocenters. The van der Waals surface area contributed by atoms with E-state index in [9.17, 15) is 0 Å². The lowest BCUT2D eigenvalue weighted by Gasteiger charge is -2.09. The van der Waals surface area contributed by atoms with Gasteiger partial charge in [0.2, 0.25) is 0 Å². The highest BCUT2D eigenvalue weighted by Gasteiger charge is 2.04. The van der Waals surface area contributed by atoms with Crippen LogP contribution in [0.25, 0.3) is 0 Å². The Morgan fingerprint density at radius 1 is 1.46 bits per heavy atom. The van der Waals surface area contributed by atoms with E-state index in [1.807, 2.05) is 26.1 Å². The lowest BCUT2D eigenvalue weighted by atomic mass is 10.1. The van der Waals surface area contributed by atoms with Crippen molar-refractivity contribution >= 4 is 11.6 Å². The van der Waals surface area contributed by atoms with Gasteiger partial charge in [0.1, 0.15) is 5.75 Å². The fraction of sp³-hybridized carbons (Fsp3) is 0.400. The Bertz CT molecular complexity index is 299. The molecule has 0 saturated carbocycles. The molecule has 0 heterocycles. The van der Waals surface area contributed by atoms with Crippen LogP contribution < -0.4 is 10.1 Å². The number of nitrogens with one attached hydrogen (secondary N) is 1. The van der Waals surface area contributed by atoms with Gasteiger partial charge in [0, 0.05) is 11.6 Å². The minimum atomic E-state index is 0.759. The van der Waals surface area contributed by atoms with Crippen molar-refractivity contribution in [3.8, 4) is 5.75 Å². The Kier molecular flexibility index (Phi) is 3.58. The molecule has 0 amide bonds. The maximum Gasteiger partial charge on any atom is 0.122 e. The van der Waals surface area contributed by atoms with Gasteiger partial charge in [-0.1, -0.05) is 11.6 Å². The van der Waals surface area contributed by atoms with E-state index in [2.05, 4.69) is 5.32 Å². The smallest absolute Gasteiger partial charge is 0.122 e. The molecule has 0 aliphatic carbocycles. The molecule has 0 aliphatic heterocycles. The minimum absolute atomic E-state index is 0.759. The molecule has 0 aliphatic rings. The molecule has 72 valence electrons. The van der Waals surface area contributed by atoms with Crippen molar-refractivity contribution in [1.82, 2.24) is 5.32 Å². The monoisotopic (exact) mass is 199 g/mol. The minimum Gasteiger partial charge on any atom is -0.496 e. The fourth-order valence-electron chi connectivity index (χ4n) is 1.24. The van der Waals surface area contributed by atoms with E-state index >= 15 is 0 Å². The number of benzene rings is 1. The summed E-state index contributed by atoms with van der Waals surface area (Å²) in [5.41, 5.74) is 2.12. The lowest BCUT2D eigenvalue weighted by molar-refractivity contribution is 0.411. The quantitative estimate of drug-likeness (QED) is 0.807. The van der Waals surface area contributed by atoms with Gasteiger partial charge in [0.25, 0.3) is 0 Å².